The summed E-state index contributed by atoms with van der Waals surface area (Å²) in [6.45, 7) is 8.56. The zero-order chi connectivity index (χ0) is 14.1. The Kier molecular flexibility index (Phi) is 7.26. The van der Waals surface area contributed by atoms with Gasteiger partial charge in [0, 0.05) is 24.5 Å². The lowest BCUT2D eigenvalue weighted by molar-refractivity contribution is -0.122. The van der Waals surface area contributed by atoms with E-state index in [1.807, 2.05) is 16.8 Å². The number of aromatic nitrogens is 1. The quantitative estimate of drug-likeness (QED) is 0.673. The van der Waals surface area contributed by atoms with E-state index in [2.05, 4.69) is 37.5 Å². The Morgan fingerprint density at radius 1 is 1.37 bits per heavy atom. The summed E-state index contributed by atoms with van der Waals surface area (Å²) >= 11 is 0. The average Bonchev–Trinajstić information content (AvgIpc) is 2.77. The molecule has 0 saturated carbocycles. The summed E-state index contributed by atoms with van der Waals surface area (Å²) in [7, 11) is 0. The summed E-state index contributed by atoms with van der Waals surface area (Å²) in [5, 5.41) is 6.39. The fraction of sp³-hybridized carbons (Fsp3) is 0.667. The van der Waals surface area contributed by atoms with Gasteiger partial charge in [-0.15, -0.1) is 0 Å². The Hall–Kier alpha value is -1.29. The van der Waals surface area contributed by atoms with Crippen molar-refractivity contribution < 1.29 is 4.79 Å². The summed E-state index contributed by atoms with van der Waals surface area (Å²) in [5.41, 5.74) is 1.16. The zero-order valence-corrected chi connectivity index (χ0v) is 12.4. The summed E-state index contributed by atoms with van der Waals surface area (Å²) in [5.74, 6) is 0.0916. The zero-order valence-electron chi connectivity index (χ0n) is 12.4. The molecule has 1 atom stereocenters. The molecule has 4 nitrogen and oxygen atoms in total. The lowest BCUT2D eigenvalue weighted by Gasteiger charge is -2.14. The summed E-state index contributed by atoms with van der Waals surface area (Å²) in [4.78, 5) is 11.9. The number of carbonyl (C=O) groups excluding carboxylic acids is 1. The molecular formula is C15H27N3O. The largest absolute Gasteiger partial charge is 0.352 e. The Bertz CT molecular complexity index is 373. The molecule has 0 aliphatic carbocycles. The van der Waals surface area contributed by atoms with Gasteiger partial charge in [-0.05, 0) is 38.4 Å². The minimum atomic E-state index is 0.0916. The summed E-state index contributed by atoms with van der Waals surface area (Å²) < 4.78 is 2.01. The van der Waals surface area contributed by atoms with Crippen LogP contribution in [0.5, 0.6) is 0 Å². The Morgan fingerprint density at radius 3 is 2.84 bits per heavy atom. The molecule has 0 bridgehead atoms. The first-order valence-corrected chi connectivity index (χ1v) is 7.31. The van der Waals surface area contributed by atoms with Crippen LogP contribution in [0.2, 0.25) is 0 Å². The van der Waals surface area contributed by atoms with Crippen molar-refractivity contribution >= 4 is 5.91 Å². The summed E-state index contributed by atoms with van der Waals surface area (Å²) in [6.07, 6.45) is 5.21. The van der Waals surface area contributed by atoms with Crippen molar-refractivity contribution in [2.75, 3.05) is 6.54 Å². The number of rotatable bonds is 9. The third-order valence-electron chi connectivity index (χ3n) is 3.10. The van der Waals surface area contributed by atoms with Crippen LogP contribution in [0.3, 0.4) is 0 Å². The standard InChI is InChI=1S/C15H27N3O/c1-4-7-13(3)17-15(19)12-18-10-6-8-14(18)11-16-9-5-2/h6,8,10,13,16H,4-5,7,9,11-12H2,1-3H3,(H,17,19). The minimum absolute atomic E-state index is 0.0916. The van der Waals surface area contributed by atoms with Gasteiger partial charge in [-0.3, -0.25) is 4.79 Å². The van der Waals surface area contributed by atoms with Crippen LogP contribution in [0.25, 0.3) is 0 Å². The van der Waals surface area contributed by atoms with Gasteiger partial charge < -0.3 is 15.2 Å². The first-order valence-electron chi connectivity index (χ1n) is 7.31. The number of amides is 1. The maximum atomic E-state index is 11.9. The lowest BCUT2D eigenvalue weighted by Crippen LogP contribution is -2.35. The van der Waals surface area contributed by atoms with Gasteiger partial charge in [-0.25, -0.2) is 0 Å². The highest BCUT2D eigenvalue weighted by molar-refractivity contribution is 5.76. The van der Waals surface area contributed by atoms with Crippen LogP contribution < -0.4 is 10.6 Å². The maximum Gasteiger partial charge on any atom is 0.240 e. The molecule has 0 aromatic carbocycles. The highest BCUT2D eigenvalue weighted by Crippen LogP contribution is 2.03. The van der Waals surface area contributed by atoms with Crippen molar-refractivity contribution in [1.82, 2.24) is 15.2 Å². The van der Waals surface area contributed by atoms with E-state index in [4.69, 9.17) is 0 Å². The fourth-order valence-electron chi connectivity index (χ4n) is 2.14. The van der Waals surface area contributed by atoms with Gasteiger partial charge in [0.25, 0.3) is 0 Å². The predicted molar refractivity (Wildman–Crippen MR) is 78.9 cm³/mol. The third-order valence-corrected chi connectivity index (χ3v) is 3.10. The van der Waals surface area contributed by atoms with Crippen LogP contribution in [0, 0.1) is 0 Å². The van der Waals surface area contributed by atoms with Crippen LogP contribution in [-0.2, 0) is 17.9 Å². The molecule has 0 fully saturated rings. The first kappa shape index (κ1) is 15.8. The molecule has 1 unspecified atom stereocenters. The first-order chi connectivity index (χ1) is 9.17. The molecule has 0 aliphatic heterocycles. The second-order valence-electron chi connectivity index (χ2n) is 5.06. The number of hydrogen-bond acceptors (Lipinski definition) is 2. The normalized spacial score (nSPS) is 12.4. The molecular weight excluding hydrogens is 238 g/mol. The van der Waals surface area contributed by atoms with Crippen LogP contribution in [0.4, 0.5) is 0 Å². The van der Waals surface area contributed by atoms with E-state index in [0.717, 1.165) is 38.0 Å². The van der Waals surface area contributed by atoms with Crippen molar-refractivity contribution in [3.63, 3.8) is 0 Å². The average molecular weight is 265 g/mol. The Balaban J connectivity index is 2.43. The number of carbonyl (C=O) groups is 1. The number of nitrogens with one attached hydrogen (secondary N) is 2. The van der Waals surface area contributed by atoms with Gasteiger partial charge in [0.05, 0.1) is 0 Å². The number of hydrogen-bond donors (Lipinski definition) is 2. The lowest BCUT2D eigenvalue weighted by atomic mass is 10.2. The molecule has 0 radical (unpaired) electrons. The highest BCUT2D eigenvalue weighted by atomic mass is 16.2. The van der Waals surface area contributed by atoms with E-state index in [-0.39, 0.29) is 11.9 Å². The molecule has 0 aliphatic rings. The van der Waals surface area contributed by atoms with Crippen molar-refractivity contribution in [3.8, 4) is 0 Å². The van der Waals surface area contributed by atoms with E-state index < -0.39 is 0 Å². The van der Waals surface area contributed by atoms with E-state index in [1.54, 1.807) is 0 Å². The van der Waals surface area contributed by atoms with Crippen LogP contribution in [0.1, 0.15) is 45.7 Å². The second kappa shape index (κ2) is 8.75. The highest BCUT2D eigenvalue weighted by Gasteiger charge is 2.09. The fourth-order valence-corrected chi connectivity index (χ4v) is 2.14. The maximum absolute atomic E-state index is 11.9. The van der Waals surface area contributed by atoms with E-state index in [1.165, 1.54) is 0 Å². The molecule has 4 heteroatoms. The Labute approximate surface area is 116 Å². The smallest absolute Gasteiger partial charge is 0.240 e. The van der Waals surface area contributed by atoms with E-state index in [9.17, 15) is 4.79 Å². The van der Waals surface area contributed by atoms with Crippen molar-refractivity contribution in [1.29, 1.82) is 0 Å². The van der Waals surface area contributed by atoms with Crippen molar-refractivity contribution in [2.45, 2.75) is 59.2 Å². The summed E-state index contributed by atoms with van der Waals surface area (Å²) in [6, 6.07) is 4.31. The van der Waals surface area contributed by atoms with Gasteiger partial charge in [-0.2, -0.15) is 0 Å². The molecule has 0 saturated heterocycles. The second-order valence-corrected chi connectivity index (χ2v) is 5.06. The number of nitrogens with zero attached hydrogens (tertiary/aromatic N) is 1. The molecule has 108 valence electrons. The molecule has 1 rings (SSSR count). The van der Waals surface area contributed by atoms with Crippen molar-refractivity contribution in [3.05, 3.63) is 24.0 Å². The topological polar surface area (TPSA) is 46.1 Å². The van der Waals surface area contributed by atoms with Gasteiger partial charge >= 0.3 is 0 Å². The van der Waals surface area contributed by atoms with Gasteiger partial charge in [0.1, 0.15) is 6.54 Å². The molecule has 1 heterocycles. The SMILES string of the molecule is CCCNCc1cccn1CC(=O)NC(C)CCC. The third kappa shape index (κ3) is 5.92. The van der Waals surface area contributed by atoms with Gasteiger partial charge in [0.15, 0.2) is 0 Å². The molecule has 19 heavy (non-hydrogen) atoms. The molecule has 1 amide bonds. The van der Waals surface area contributed by atoms with Crippen LogP contribution >= 0.6 is 0 Å². The van der Waals surface area contributed by atoms with Gasteiger partial charge in [-0.1, -0.05) is 20.3 Å². The monoisotopic (exact) mass is 265 g/mol. The van der Waals surface area contributed by atoms with Crippen LogP contribution in [-0.4, -0.2) is 23.1 Å². The predicted octanol–water partition coefficient (Wildman–Crippen LogP) is 2.29. The van der Waals surface area contributed by atoms with Crippen molar-refractivity contribution in [2.24, 2.45) is 0 Å². The van der Waals surface area contributed by atoms with E-state index >= 15 is 0 Å². The molecule has 1 aromatic rings. The molecule has 2 N–H and O–H groups in total. The van der Waals surface area contributed by atoms with E-state index in [0.29, 0.717) is 6.54 Å². The van der Waals surface area contributed by atoms with Gasteiger partial charge in [0.2, 0.25) is 5.91 Å². The minimum Gasteiger partial charge on any atom is -0.352 e. The van der Waals surface area contributed by atoms with Crippen LogP contribution in [0.15, 0.2) is 18.3 Å². The Morgan fingerprint density at radius 2 is 2.16 bits per heavy atom. The molecule has 0 spiro atoms. The molecule has 1 aromatic heterocycles.